The number of nitrogens with zero attached hydrogens (tertiary/aromatic N) is 2. The molecule has 1 heterocycles. The zero-order chi connectivity index (χ0) is 18.6. The quantitative estimate of drug-likeness (QED) is 0.784. The van der Waals surface area contributed by atoms with Crippen LogP contribution in [0.1, 0.15) is 36.8 Å². The molecule has 2 aliphatic rings. The van der Waals surface area contributed by atoms with Crippen molar-refractivity contribution in [1.82, 2.24) is 4.90 Å². The van der Waals surface area contributed by atoms with Crippen molar-refractivity contribution in [2.75, 3.05) is 18.0 Å². The molecular weight excluding hydrogens is 336 g/mol. The van der Waals surface area contributed by atoms with Crippen molar-refractivity contribution in [2.45, 2.75) is 38.6 Å². The highest BCUT2D eigenvalue weighted by molar-refractivity contribution is 5.96. The fraction of sp³-hybridized carbons (Fsp3) is 0.391. The van der Waals surface area contributed by atoms with Gasteiger partial charge in [0.2, 0.25) is 11.8 Å². The Kier molecular flexibility index (Phi) is 5.23. The van der Waals surface area contributed by atoms with Gasteiger partial charge >= 0.3 is 0 Å². The molecule has 1 saturated carbocycles. The van der Waals surface area contributed by atoms with Crippen molar-refractivity contribution >= 4 is 17.5 Å². The predicted molar refractivity (Wildman–Crippen MR) is 106 cm³/mol. The van der Waals surface area contributed by atoms with Gasteiger partial charge in [0.25, 0.3) is 0 Å². The van der Waals surface area contributed by atoms with Crippen LogP contribution in [0.2, 0.25) is 0 Å². The molecule has 0 radical (unpaired) electrons. The van der Waals surface area contributed by atoms with Crippen LogP contribution in [-0.4, -0.2) is 29.8 Å². The average molecular weight is 362 g/mol. The summed E-state index contributed by atoms with van der Waals surface area (Å²) in [4.78, 5) is 29.2. The summed E-state index contributed by atoms with van der Waals surface area (Å²) >= 11 is 0. The number of hydrogen-bond donors (Lipinski definition) is 0. The van der Waals surface area contributed by atoms with E-state index in [1.165, 1.54) is 0 Å². The van der Waals surface area contributed by atoms with Crippen molar-refractivity contribution in [3.63, 3.8) is 0 Å². The van der Waals surface area contributed by atoms with Gasteiger partial charge in [-0.25, -0.2) is 0 Å². The first-order chi connectivity index (χ1) is 13.2. The third-order valence-electron chi connectivity index (χ3n) is 5.41. The molecule has 0 aromatic heterocycles. The summed E-state index contributed by atoms with van der Waals surface area (Å²) in [5, 5.41) is 0. The summed E-state index contributed by atoms with van der Waals surface area (Å²) in [6.07, 6.45) is 4.58. The Bertz CT molecular complexity index is 808. The largest absolute Gasteiger partial charge is 0.342 e. The molecule has 0 bridgehead atoms. The molecule has 4 nitrogen and oxygen atoms in total. The molecular formula is C23H26N2O2. The molecule has 140 valence electrons. The van der Waals surface area contributed by atoms with E-state index in [-0.39, 0.29) is 17.7 Å². The monoisotopic (exact) mass is 362 g/mol. The Morgan fingerprint density at radius 2 is 1.63 bits per heavy atom. The zero-order valence-electron chi connectivity index (χ0n) is 15.6. The standard InChI is InChI=1S/C23H26N2O2/c26-22(24-13-4-5-14-24)16-19-9-6-10-21(15-19)25(23(27)20-11-12-20)17-18-7-2-1-3-8-18/h1-3,6-10,15,20H,4-5,11-14,16-17H2. The van der Waals surface area contributed by atoms with Gasteiger partial charge in [-0.15, -0.1) is 0 Å². The lowest BCUT2D eigenvalue weighted by molar-refractivity contribution is -0.129. The summed E-state index contributed by atoms with van der Waals surface area (Å²) in [5.41, 5.74) is 2.98. The molecule has 1 aliphatic carbocycles. The smallest absolute Gasteiger partial charge is 0.230 e. The molecule has 2 aromatic rings. The molecule has 0 spiro atoms. The highest BCUT2D eigenvalue weighted by Gasteiger charge is 2.34. The number of anilines is 1. The van der Waals surface area contributed by atoms with Crippen molar-refractivity contribution < 1.29 is 9.59 Å². The van der Waals surface area contributed by atoms with E-state index < -0.39 is 0 Å². The Morgan fingerprint density at radius 1 is 0.926 bits per heavy atom. The Hall–Kier alpha value is -2.62. The lowest BCUT2D eigenvalue weighted by Crippen LogP contribution is -2.32. The van der Waals surface area contributed by atoms with E-state index in [4.69, 9.17) is 0 Å². The number of amides is 2. The lowest BCUT2D eigenvalue weighted by atomic mass is 10.1. The summed E-state index contributed by atoms with van der Waals surface area (Å²) < 4.78 is 0. The molecule has 2 amide bonds. The fourth-order valence-corrected chi connectivity index (χ4v) is 3.70. The number of carbonyl (C=O) groups excluding carboxylic acids is 2. The Balaban J connectivity index is 1.54. The van der Waals surface area contributed by atoms with Crippen LogP contribution < -0.4 is 4.90 Å². The topological polar surface area (TPSA) is 40.6 Å². The van der Waals surface area contributed by atoms with Crippen LogP contribution >= 0.6 is 0 Å². The van der Waals surface area contributed by atoms with Gasteiger partial charge in [-0.2, -0.15) is 0 Å². The fourth-order valence-electron chi connectivity index (χ4n) is 3.70. The van der Waals surface area contributed by atoms with Crippen LogP contribution in [0.15, 0.2) is 54.6 Å². The minimum absolute atomic E-state index is 0.156. The van der Waals surface area contributed by atoms with Gasteiger partial charge < -0.3 is 9.80 Å². The van der Waals surface area contributed by atoms with E-state index in [9.17, 15) is 9.59 Å². The molecule has 0 N–H and O–H groups in total. The van der Waals surface area contributed by atoms with E-state index in [2.05, 4.69) is 0 Å². The molecule has 2 aromatic carbocycles. The second-order valence-electron chi connectivity index (χ2n) is 7.62. The molecule has 4 rings (SSSR count). The van der Waals surface area contributed by atoms with Crippen LogP contribution in [0.4, 0.5) is 5.69 Å². The van der Waals surface area contributed by atoms with Gasteiger partial charge in [-0.3, -0.25) is 9.59 Å². The summed E-state index contributed by atoms with van der Waals surface area (Å²) in [6, 6.07) is 18.0. The molecule has 1 aliphatic heterocycles. The summed E-state index contributed by atoms with van der Waals surface area (Å²) in [7, 11) is 0. The van der Waals surface area contributed by atoms with Crippen molar-refractivity contribution in [2.24, 2.45) is 5.92 Å². The van der Waals surface area contributed by atoms with Crippen molar-refractivity contribution in [1.29, 1.82) is 0 Å². The number of likely N-dealkylation sites (tertiary alicyclic amines) is 1. The van der Waals surface area contributed by atoms with Gasteiger partial charge in [-0.1, -0.05) is 42.5 Å². The maximum atomic E-state index is 12.9. The third kappa shape index (κ3) is 4.38. The predicted octanol–water partition coefficient (Wildman–Crippen LogP) is 3.79. The van der Waals surface area contributed by atoms with Crippen molar-refractivity contribution in [3.8, 4) is 0 Å². The first-order valence-electron chi connectivity index (χ1n) is 9.93. The van der Waals surface area contributed by atoms with Crippen LogP contribution in [0.3, 0.4) is 0 Å². The minimum Gasteiger partial charge on any atom is -0.342 e. The Labute approximate surface area is 160 Å². The summed E-state index contributed by atoms with van der Waals surface area (Å²) in [5.74, 6) is 0.540. The van der Waals surface area contributed by atoms with E-state index in [1.807, 2.05) is 64.4 Å². The van der Waals surface area contributed by atoms with Crippen LogP contribution in [0.25, 0.3) is 0 Å². The normalized spacial score (nSPS) is 16.4. The second-order valence-corrected chi connectivity index (χ2v) is 7.62. The first kappa shape index (κ1) is 17.8. The maximum Gasteiger partial charge on any atom is 0.230 e. The molecule has 27 heavy (non-hydrogen) atoms. The number of hydrogen-bond acceptors (Lipinski definition) is 2. The summed E-state index contributed by atoms with van der Waals surface area (Å²) in [6.45, 7) is 2.32. The molecule has 0 atom stereocenters. The number of carbonyl (C=O) groups is 2. The van der Waals surface area contributed by atoms with E-state index >= 15 is 0 Å². The molecule has 0 unspecified atom stereocenters. The van der Waals surface area contributed by atoms with Crippen LogP contribution in [-0.2, 0) is 22.6 Å². The number of benzene rings is 2. The molecule has 4 heteroatoms. The van der Waals surface area contributed by atoms with Gasteiger partial charge in [0.15, 0.2) is 0 Å². The highest BCUT2D eigenvalue weighted by Crippen LogP contribution is 2.33. The number of rotatable bonds is 6. The maximum absolute atomic E-state index is 12.9. The van der Waals surface area contributed by atoms with Gasteiger partial charge in [0.1, 0.15) is 0 Å². The highest BCUT2D eigenvalue weighted by atomic mass is 16.2. The van der Waals surface area contributed by atoms with Gasteiger partial charge in [-0.05, 0) is 48.9 Å². The van der Waals surface area contributed by atoms with Gasteiger partial charge in [0.05, 0.1) is 13.0 Å². The van der Waals surface area contributed by atoms with E-state index in [0.29, 0.717) is 13.0 Å². The Morgan fingerprint density at radius 3 is 2.33 bits per heavy atom. The first-order valence-corrected chi connectivity index (χ1v) is 9.93. The molecule has 2 fully saturated rings. The van der Waals surface area contributed by atoms with Crippen LogP contribution in [0.5, 0.6) is 0 Å². The average Bonchev–Trinajstić information content (AvgIpc) is 3.40. The SMILES string of the molecule is O=C(Cc1cccc(N(Cc2ccccc2)C(=O)C2CC2)c1)N1CCCC1. The third-order valence-corrected chi connectivity index (χ3v) is 5.41. The second kappa shape index (κ2) is 7.95. The minimum atomic E-state index is 0.156. The van der Waals surface area contributed by atoms with Crippen LogP contribution in [0, 0.1) is 5.92 Å². The van der Waals surface area contributed by atoms with Crippen molar-refractivity contribution in [3.05, 3.63) is 65.7 Å². The molecule has 1 saturated heterocycles. The van der Waals surface area contributed by atoms with E-state index in [1.54, 1.807) is 0 Å². The van der Waals surface area contributed by atoms with E-state index in [0.717, 1.165) is 55.6 Å². The van der Waals surface area contributed by atoms with Gasteiger partial charge in [0, 0.05) is 24.7 Å². The zero-order valence-corrected chi connectivity index (χ0v) is 15.6. The lowest BCUT2D eigenvalue weighted by Gasteiger charge is -2.24.